The fourth-order valence-corrected chi connectivity index (χ4v) is 3.26. The van der Waals surface area contributed by atoms with Crippen molar-refractivity contribution in [3.8, 4) is 5.75 Å². The monoisotopic (exact) mass is 371 g/mol. The highest BCUT2D eigenvalue weighted by atomic mass is 35.5. The Balaban J connectivity index is 1.75. The normalized spacial score (nSPS) is 10.5. The van der Waals surface area contributed by atoms with Crippen LogP contribution in [0, 0.1) is 6.92 Å². The third kappa shape index (κ3) is 4.84. The number of halogens is 1. The van der Waals surface area contributed by atoms with Crippen LogP contribution in [0.3, 0.4) is 0 Å². The lowest BCUT2D eigenvalue weighted by atomic mass is 10.2. The zero-order valence-electron chi connectivity index (χ0n) is 13.8. The van der Waals surface area contributed by atoms with Crippen LogP contribution in [0.1, 0.15) is 10.4 Å². The van der Waals surface area contributed by atoms with Gasteiger partial charge in [-0.25, -0.2) is 0 Å². The second-order valence-electron chi connectivity index (χ2n) is 5.64. The fraction of sp³-hybridized carbons (Fsp3) is 0.150. The van der Waals surface area contributed by atoms with Gasteiger partial charge in [0.05, 0.1) is 6.54 Å². The van der Waals surface area contributed by atoms with Gasteiger partial charge in [-0.2, -0.15) is 0 Å². The molecule has 0 aliphatic heterocycles. The second kappa shape index (κ2) is 8.19. The maximum atomic E-state index is 12.8. The topological polar surface area (TPSA) is 29.5 Å². The standard InChI is InChI=1S/C20H18ClNO2S/c1-15-7-9-18(10-8-15)24-14-20(23)22(13-19-6-3-11-25-19)17-5-2-4-16(21)12-17/h2-12H,13-14H2,1H3. The average molecular weight is 372 g/mol. The number of aryl methyl sites for hydroxylation is 1. The van der Waals surface area contributed by atoms with Crippen molar-refractivity contribution in [1.29, 1.82) is 0 Å². The van der Waals surface area contributed by atoms with E-state index in [2.05, 4.69) is 0 Å². The predicted molar refractivity (Wildman–Crippen MR) is 104 cm³/mol. The summed E-state index contributed by atoms with van der Waals surface area (Å²) in [7, 11) is 0. The maximum absolute atomic E-state index is 12.8. The van der Waals surface area contributed by atoms with Crippen LogP contribution in [0.25, 0.3) is 0 Å². The van der Waals surface area contributed by atoms with E-state index in [4.69, 9.17) is 16.3 Å². The lowest BCUT2D eigenvalue weighted by molar-refractivity contribution is -0.120. The van der Waals surface area contributed by atoms with Gasteiger partial charge in [-0.05, 0) is 48.7 Å². The molecule has 0 aliphatic rings. The summed E-state index contributed by atoms with van der Waals surface area (Å²) in [6.07, 6.45) is 0. The van der Waals surface area contributed by atoms with E-state index in [9.17, 15) is 4.79 Å². The van der Waals surface area contributed by atoms with Gasteiger partial charge in [-0.15, -0.1) is 11.3 Å². The molecule has 3 aromatic rings. The largest absolute Gasteiger partial charge is 0.484 e. The molecule has 3 rings (SSSR count). The molecule has 0 radical (unpaired) electrons. The zero-order chi connectivity index (χ0) is 17.6. The SMILES string of the molecule is Cc1ccc(OCC(=O)N(Cc2cccs2)c2cccc(Cl)c2)cc1. The van der Waals surface area contributed by atoms with Crippen LogP contribution < -0.4 is 9.64 Å². The van der Waals surface area contributed by atoms with E-state index < -0.39 is 0 Å². The Labute approximate surface area is 156 Å². The summed E-state index contributed by atoms with van der Waals surface area (Å²) in [6, 6.07) is 18.9. The van der Waals surface area contributed by atoms with Gasteiger partial charge >= 0.3 is 0 Å². The van der Waals surface area contributed by atoms with Crippen molar-refractivity contribution >= 4 is 34.5 Å². The van der Waals surface area contributed by atoms with E-state index >= 15 is 0 Å². The Bertz CT molecular complexity index is 831. The minimum Gasteiger partial charge on any atom is -0.484 e. The highest BCUT2D eigenvalue weighted by Crippen LogP contribution is 2.23. The Morgan fingerprint density at radius 1 is 1.12 bits per heavy atom. The van der Waals surface area contributed by atoms with Crippen LogP contribution in [0.15, 0.2) is 66.0 Å². The van der Waals surface area contributed by atoms with Crippen LogP contribution in [-0.2, 0) is 11.3 Å². The molecular formula is C20H18ClNO2S. The van der Waals surface area contributed by atoms with Gasteiger partial charge in [0.25, 0.3) is 5.91 Å². The van der Waals surface area contributed by atoms with E-state index in [1.807, 2.05) is 60.8 Å². The fourth-order valence-electron chi connectivity index (χ4n) is 2.38. The molecule has 0 unspecified atom stereocenters. The molecule has 128 valence electrons. The number of rotatable bonds is 6. The van der Waals surface area contributed by atoms with Gasteiger partial charge in [0.2, 0.25) is 0 Å². The van der Waals surface area contributed by atoms with Crippen molar-refractivity contribution in [3.63, 3.8) is 0 Å². The quantitative estimate of drug-likeness (QED) is 0.586. The van der Waals surface area contributed by atoms with Crippen molar-refractivity contribution < 1.29 is 9.53 Å². The number of thiophene rings is 1. The number of hydrogen-bond acceptors (Lipinski definition) is 3. The molecule has 1 heterocycles. The number of benzene rings is 2. The summed E-state index contributed by atoms with van der Waals surface area (Å²) in [6.45, 7) is 2.48. The third-order valence-electron chi connectivity index (χ3n) is 3.70. The smallest absolute Gasteiger partial charge is 0.265 e. The first-order valence-electron chi connectivity index (χ1n) is 7.89. The van der Waals surface area contributed by atoms with Gasteiger partial charge in [0.1, 0.15) is 5.75 Å². The second-order valence-corrected chi connectivity index (χ2v) is 7.11. The number of ether oxygens (including phenoxy) is 1. The van der Waals surface area contributed by atoms with E-state index in [-0.39, 0.29) is 12.5 Å². The minimum absolute atomic E-state index is 0.0268. The third-order valence-corrected chi connectivity index (χ3v) is 4.79. The number of carbonyl (C=O) groups is 1. The molecule has 3 nitrogen and oxygen atoms in total. The Kier molecular flexibility index (Phi) is 5.74. The van der Waals surface area contributed by atoms with Crippen LogP contribution in [0.2, 0.25) is 5.02 Å². The molecule has 1 amide bonds. The molecule has 0 spiro atoms. The van der Waals surface area contributed by atoms with Crippen molar-refractivity contribution in [2.24, 2.45) is 0 Å². The predicted octanol–water partition coefficient (Wildman–Crippen LogP) is 5.32. The van der Waals surface area contributed by atoms with E-state index in [1.54, 1.807) is 28.4 Å². The van der Waals surface area contributed by atoms with E-state index in [0.717, 1.165) is 16.1 Å². The van der Waals surface area contributed by atoms with Gasteiger partial charge in [-0.1, -0.05) is 41.4 Å². The molecule has 25 heavy (non-hydrogen) atoms. The minimum atomic E-state index is -0.115. The molecular weight excluding hydrogens is 354 g/mol. The first-order valence-corrected chi connectivity index (χ1v) is 9.15. The maximum Gasteiger partial charge on any atom is 0.265 e. The van der Waals surface area contributed by atoms with Crippen LogP contribution in [0.5, 0.6) is 5.75 Å². The molecule has 1 aromatic heterocycles. The van der Waals surface area contributed by atoms with E-state index in [0.29, 0.717) is 17.3 Å². The molecule has 0 bridgehead atoms. The van der Waals surface area contributed by atoms with Crippen molar-refractivity contribution in [2.75, 3.05) is 11.5 Å². The molecule has 0 atom stereocenters. The Hall–Kier alpha value is -2.30. The highest BCUT2D eigenvalue weighted by molar-refractivity contribution is 7.09. The van der Waals surface area contributed by atoms with E-state index in [1.165, 1.54) is 0 Å². The van der Waals surface area contributed by atoms with Crippen LogP contribution >= 0.6 is 22.9 Å². The first-order chi connectivity index (χ1) is 12.1. The van der Waals surface area contributed by atoms with Gasteiger partial charge < -0.3 is 9.64 Å². The number of carbonyl (C=O) groups excluding carboxylic acids is 1. The summed E-state index contributed by atoms with van der Waals surface area (Å²) in [5, 5.41) is 2.60. The molecule has 0 fully saturated rings. The van der Waals surface area contributed by atoms with Gasteiger partial charge in [0, 0.05) is 15.6 Å². The van der Waals surface area contributed by atoms with Crippen molar-refractivity contribution in [1.82, 2.24) is 0 Å². The number of amides is 1. The summed E-state index contributed by atoms with van der Waals surface area (Å²) in [5.74, 6) is 0.567. The van der Waals surface area contributed by atoms with Gasteiger partial charge in [0.15, 0.2) is 6.61 Å². The number of hydrogen-bond donors (Lipinski definition) is 0. The average Bonchev–Trinajstić information content (AvgIpc) is 3.12. The highest BCUT2D eigenvalue weighted by Gasteiger charge is 2.18. The summed E-state index contributed by atoms with van der Waals surface area (Å²) < 4.78 is 5.65. The molecule has 0 saturated carbocycles. The summed E-state index contributed by atoms with van der Waals surface area (Å²) >= 11 is 7.71. The lowest BCUT2D eigenvalue weighted by Crippen LogP contribution is -2.34. The number of nitrogens with zero attached hydrogens (tertiary/aromatic N) is 1. The van der Waals surface area contributed by atoms with Crippen molar-refractivity contribution in [3.05, 3.63) is 81.5 Å². The number of anilines is 1. The van der Waals surface area contributed by atoms with Crippen LogP contribution in [-0.4, -0.2) is 12.5 Å². The first kappa shape index (κ1) is 17.5. The Morgan fingerprint density at radius 2 is 1.92 bits per heavy atom. The van der Waals surface area contributed by atoms with Crippen LogP contribution in [0.4, 0.5) is 5.69 Å². The molecule has 5 heteroatoms. The Morgan fingerprint density at radius 3 is 2.60 bits per heavy atom. The molecule has 0 N–H and O–H groups in total. The zero-order valence-corrected chi connectivity index (χ0v) is 15.4. The summed E-state index contributed by atoms with van der Waals surface area (Å²) in [5.41, 5.74) is 1.91. The molecule has 0 aliphatic carbocycles. The molecule has 0 saturated heterocycles. The van der Waals surface area contributed by atoms with Gasteiger partial charge in [-0.3, -0.25) is 4.79 Å². The summed E-state index contributed by atoms with van der Waals surface area (Å²) in [4.78, 5) is 15.6. The lowest BCUT2D eigenvalue weighted by Gasteiger charge is -2.22. The molecule has 2 aromatic carbocycles. The van der Waals surface area contributed by atoms with Crippen molar-refractivity contribution in [2.45, 2.75) is 13.5 Å².